The van der Waals surface area contributed by atoms with Crippen LogP contribution in [0.15, 0.2) is 66.3 Å². The molecular formula is C20H19N3O6. The predicted octanol–water partition coefficient (Wildman–Crippen LogP) is 1.80. The Morgan fingerprint density at radius 3 is 2.21 bits per heavy atom. The van der Waals surface area contributed by atoms with Gasteiger partial charge in [-0.1, -0.05) is 12.7 Å². The molecule has 0 atom stereocenters. The molecule has 2 aromatic rings. The minimum atomic E-state index is -1.08. The smallest absolute Gasteiger partial charge is 0.341 e. The molecule has 0 saturated heterocycles. The molecule has 29 heavy (non-hydrogen) atoms. The fraction of sp³-hybridized carbons (Fsp3) is 0.100. The van der Waals surface area contributed by atoms with Crippen LogP contribution in [-0.2, 0) is 14.4 Å². The maximum absolute atomic E-state index is 11.9. The van der Waals surface area contributed by atoms with E-state index >= 15 is 0 Å². The lowest BCUT2D eigenvalue weighted by Gasteiger charge is -2.06. The van der Waals surface area contributed by atoms with Gasteiger partial charge in [-0.05, 0) is 54.1 Å². The Kier molecular flexibility index (Phi) is 7.94. The first kappa shape index (κ1) is 21.2. The number of hydrogen-bond acceptors (Lipinski definition) is 6. The number of carbonyl (C=O) groups is 3. The standard InChI is InChI=1S/C20H19N3O6/c1-2-11-28-16-9-5-15(6-10-16)22-19(26)20(27)23-21-12-14-3-7-17(8-4-14)29-13-18(24)25/h2-10,12H,1,11,13H2,(H,22,26)(H,23,27)(H,24,25)/b21-12-. The van der Waals surface area contributed by atoms with E-state index < -0.39 is 24.4 Å². The Labute approximate surface area is 166 Å². The minimum absolute atomic E-state index is 0.365. The molecule has 9 nitrogen and oxygen atoms in total. The number of hydrazone groups is 1. The van der Waals surface area contributed by atoms with Crippen molar-refractivity contribution in [2.24, 2.45) is 5.10 Å². The van der Waals surface area contributed by atoms with E-state index in [-0.39, 0.29) is 0 Å². The van der Waals surface area contributed by atoms with Gasteiger partial charge in [0.05, 0.1) is 6.21 Å². The molecule has 0 bridgehead atoms. The number of nitrogens with zero attached hydrogens (tertiary/aromatic N) is 1. The fourth-order valence-corrected chi connectivity index (χ4v) is 1.99. The van der Waals surface area contributed by atoms with Crippen LogP contribution in [0, 0.1) is 0 Å². The minimum Gasteiger partial charge on any atom is -0.490 e. The molecule has 0 aromatic heterocycles. The molecule has 0 saturated carbocycles. The summed E-state index contributed by atoms with van der Waals surface area (Å²) >= 11 is 0. The van der Waals surface area contributed by atoms with Crippen LogP contribution in [-0.4, -0.2) is 42.3 Å². The molecule has 150 valence electrons. The van der Waals surface area contributed by atoms with Crippen LogP contribution in [0.25, 0.3) is 0 Å². The van der Waals surface area contributed by atoms with E-state index in [2.05, 4.69) is 22.4 Å². The first-order valence-corrected chi connectivity index (χ1v) is 8.40. The third-order valence-corrected chi connectivity index (χ3v) is 3.31. The van der Waals surface area contributed by atoms with Gasteiger partial charge in [-0.25, -0.2) is 10.2 Å². The summed E-state index contributed by atoms with van der Waals surface area (Å²) in [5.41, 5.74) is 3.16. The largest absolute Gasteiger partial charge is 0.490 e. The molecule has 2 aromatic carbocycles. The zero-order valence-corrected chi connectivity index (χ0v) is 15.3. The second kappa shape index (κ2) is 10.9. The molecule has 2 amide bonds. The maximum atomic E-state index is 11.9. The molecule has 0 aliphatic heterocycles. The molecule has 0 spiro atoms. The van der Waals surface area contributed by atoms with Crippen molar-refractivity contribution in [1.29, 1.82) is 0 Å². The summed E-state index contributed by atoms with van der Waals surface area (Å²) in [4.78, 5) is 34.1. The summed E-state index contributed by atoms with van der Waals surface area (Å²) in [6.07, 6.45) is 2.94. The summed E-state index contributed by atoms with van der Waals surface area (Å²) in [5.74, 6) is -1.90. The lowest BCUT2D eigenvalue weighted by molar-refractivity contribution is -0.139. The summed E-state index contributed by atoms with van der Waals surface area (Å²) in [6, 6.07) is 12.8. The molecule has 0 aliphatic rings. The van der Waals surface area contributed by atoms with E-state index in [1.165, 1.54) is 6.21 Å². The van der Waals surface area contributed by atoms with Crippen molar-refractivity contribution in [1.82, 2.24) is 5.43 Å². The van der Waals surface area contributed by atoms with Gasteiger partial charge in [0, 0.05) is 5.69 Å². The summed E-state index contributed by atoms with van der Waals surface area (Å²) < 4.78 is 10.3. The van der Waals surface area contributed by atoms with Crippen molar-refractivity contribution >= 4 is 29.7 Å². The van der Waals surface area contributed by atoms with Gasteiger partial charge in [0.2, 0.25) is 0 Å². The Morgan fingerprint density at radius 2 is 1.59 bits per heavy atom. The van der Waals surface area contributed by atoms with Crippen molar-refractivity contribution in [3.8, 4) is 11.5 Å². The van der Waals surface area contributed by atoms with E-state index in [9.17, 15) is 14.4 Å². The Morgan fingerprint density at radius 1 is 0.966 bits per heavy atom. The highest BCUT2D eigenvalue weighted by Crippen LogP contribution is 2.15. The lowest BCUT2D eigenvalue weighted by Crippen LogP contribution is -2.32. The van der Waals surface area contributed by atoms with Crippen LogP contribution < -0.4 is 20.2 Å². The summed E-state index contributed by atoms with van der Waals surface area (Å²) in [6.45, 7) is 3.47. The van der Waals surface area contributed by atoms with Gasteiger partial charge in [-0.3, -0.25) is 9.59 Å². The Bertz CT molecular complexity index is 891. The van der Waals surface area contributed by atoms with Crippen LogP contribution in [0.2, 0.25) is 0 Å². The highest BCUT2D eigenvalue weighted by Gasteiger charge is 2.12. The van der Waals surface area contributed by atoms with Gasteiger partial charge < -0.3 is 19.9 Å². The SMILES string of the molecule is C=CCOc1ccc(NC(=O)C(=O)N/N=C\c2ccc(OCC(=O)O)cc2)cc1. The van der Waals surface area contributed by atoms with Crippen molar-refractivity contribution in [3.05, 3.63) is 66.7 Å². The number of benzene rings is 2. The zero-order chi connectivity index (χ0) is 21.1. The number of carboxylic acids is 1. The average Bonchev–Trinajstić information content (AvgIpc) is 2.72. The van der Waals surface area contributed by atoms with Gasteiger partial charge in [0.25, 0.3) is 0 Å². The third kappa shape index (κ3) is 7.55. The third-order valence-electron chi connectivity index (χ3n) is 3.31. The Balaban J connectivity index is 1.81. The highest BCUT2D eigenvalue weighted by molar-refractivity contribution is 6.39. The van der Waals surface area contributed by atoms with Gasteiger partial charge in [-0.2, -0.15) is 5.10 Å². The maximum Gasteiger partial charge on any atom is 0.341 e. The quantitative estimate of drug-likeness (QED) is 0.256. The van der Waals surface area contributed by atoms with Crippen LogP contribution in [0.4, 0.5) is 5.69 Å². The number of nitrogens with one attached hydrogen (secondary N) is 2. The van der Waals surface area contributed by atoms with Crippen LogP contribution in [0.1, 0.15) is 5.56 Å². The molecule has 2 rings (SSSR count). The average molecular weight is 397 g/mol. The monoisotopic (exact) mass is 397 g/mol. The van der Waals surface area contributed by atoms with Gasteiger partial charge >= 0.3 is 17.8 Å². The summed E-state index contributed by atoms with van der Waals surface area (Å²) in [5, 5.41) is 14.7. The molecule has 0 heterocycles. The number of amides is 2. The first-order valence-electron chi connectivity index (χ1n) is 8.40. The van der Waals surface area contributed by atoms with Crippen LogP contribution in [0.3, 0.4) is 0 Å². The number of aliphatic carboxylic acids is 1. The van der Waals surface area contributed by atoms with Crippen molar-refractivity contribution in [2.45, 2.75) is 0 Å². The van der Waals surface area contributed by atoms with Crippen molar-refractivity contribution in [3.63, 3.8) is 0 Å². The number of carboxylic acid groups (broad SMARTS) is 1. The molecule has 0 fully saturated rings. The summed E-state index contributed by atoms with van der Waals surface area (Å²) in [7, 11) is 0. The second-order valence-corrected chi connectivity index (χ2v) is 5.53. The number of ether oxygens (including phenoxy) is 2. The second-order valence-electron chi connectivity index (χ2n) is 5.53. The molecule has 3 N–H and O–H groups in total. The normalized spacial score (nSPS) is 10.2. The van der Waals surface area contributed by atoms with E-state index in [0.717, 1.165) is 0 Å². The molecule has 0 aliphatic carbocycles. The van der Waals surface area contributed by atoms with E-state index in [1.807, 2.05) is 0 Å². The van der Waals surface area contributed by atoms with E-state index in [4.69, 9.17) is 14.6 Å². The zero-order valence-electron chi connectivity index (χ0n) is 15.3. The van der Waals surface area contributed by atoms with Gasteiger partial charge in [0.1, 0.15) is 18.1 Å². The Hall–Kier alpha value is -4.14. The highest BCUT2D eigenvalue weighted by atomic mass is 16.5. The van der Waals surface area contributed by atoms with Crippen molar-refractivity contribution in [2.75, 3.05) is 18.5 Å². The molecule has 0 unspecified atom stereocenters. The molecule has 9 heteroatoms. The van der Waals surface area contributed by atoms with E-state index in [0.29, 0.717) is 29.4 Å². The van der Waals surface area contributed by atoms with Crippen LogP contribution in [0.5, 0.6) is 11.5 Å². The van der Waals surface area contributed by atoms with Gasteiger partial charge in [-0.15, -0.1) is 0 Å². The predicted molar refractivity (Wildman–Crippen MR) is 106 cm³/mol. The van der Waals surface area contributed by atoms with E-state index in [1.54, 1.807) is 54.6 Å². The van der Waals surface area contributed by atoms with Crippen molar-refractivity contribution < 1.29 is 29.0 Å². The molecule has 0 radical (unpaired) electrons. The topological polar surface area (TPSA) is 126 Å². The fourth-order valence-electron chi connectivity index (χ4n) is 1.99. The number of rotatable bonds is 9. The van der Waals surface area contributed by atoms with Crippen LogP contribution >= 0.6 is 0 Å². The van der Waals surface area contributed by atoms with Gasteiger partial charge in [0.15, 0.2) is 6.61 Å². The lowest BCUT2D eigenvalue weighted by atomic mass is 10.2. The number of carbonyl (C=O) groups excluding carboxylic acids is 2. The first-order chi connectivity index (χ1) is 14.0. The number of anilines is 1. The number of hydrogen-bond donors (Lipinski definition) is 3. The molecular weight excluding hydrogens is 378 g/mol.